The summed E-state index contributed by atoms with van der Waals surface area (Å²) in [5.41, 5.74) is 7.17. The molecule has 0 aliphatic carbocycles. The summed E-state index contributed by atoms with van der Waals surface area (Å²) in [6.07, 6.45) is 1.07. The summed E-state index contributed by atoms with van der Waals surface area (Å²) in [4.78, 5) is 0. The average molecular weight is 424 g/mol. The molecule has 0 radical (unpaired) electrons. The van der Waals surface area contributed by atoms with Crippen LogP contribution in [0, 0.1) is 20.8 Å². The van der Waals surface area contributed by atoms with Crippen LogP contribution in [-0.2, 0) is 28.1 Å². The molecule has 23 heavy (non-hydrogen) atoms. The fourth-order valence-electron chi connectivity index (χ4n) is 2.60. The van der Waals surface area contributed by atoms with E-state index >= 15 is 0 Å². The number of rotatable bonds is 3. The first-order chi connectivity index (χ1) is 8.77. The van der Waals surface area contributed by atoms with E-state index in [1.54, 1.807) is 5.19 Å². The largest absolute Gasteiger partial charge is 4.00 e. The second-order valence-electron chi connectivity index (χ2n) is 6.80. The number of benzene rings is 1. The van der Waals surface area contributed by atoms with E-state index in [1.165, 1.54) is 27.8 Å². The van der Waals surface area contributed by atoms with Crippen molar-refractivity contribution in [3.63, 3.8) is 0 Å². The van der Waals surface area contributed by atoms with E-state index < -0.39 is 8.07 Å². The van der Waals surface area contributed by atoms with Crippen LogP contribution in [0.2, 0.25) is 19.6 Å². The zero-order valence-corrected chi connectivity index (χ0v) is 19.6. The molecule has 0 fully saturated rings. The van der Waals surface area contributed by atoms with Crippen molar-refractivity contribution in [2.24, 2.45) is 0 Å². The second kappa shape index (κ2) is 11.1. The SMILES string of the molecule is Cc1cc(C)c(C)c(C[c-]2ccc([Si](C)(C)C)c2)c1.[Cl-].[Cl-].[Cl-].[Ti+4]. The van der Waals surface area contributed by atoms with Crippen LogP contribution in [0.1, 0.15) is 27.8 Å². The molecule has 0 saturated heterocycles. The number of aryl methyl sites for hydroxylation is 2. The Morgan fingerprint density at radius 2 is 1.52 bits per heavy atom. The molecule has 0 spiro atoms. The maximum atomic E-state index is 2.42. The van der Waals surface area contributed by atoms with Crippen molar-refractivity contribution in [2.75, 3.05) is 0 Å². The quantitative estimate of drug-likeness (QED) is 0.345. The Bertz CT molecular complexity index is 601. The summed E-state index contributed by atoms with van der Waals surface area (Å²) < 4.78 is 0. The molecule has 0 nitrogen and oxygen atoms in total. The van der Waals surface area contributed by atoms with E-state index in [0.717, 1.165) is 6.42 Å². The van der Waals surface area contributed by atoms with Gasteiger partial charge < -0.3 is 37.2 Å². The van der Waals surface area contributed by atoms with Gasteiger partial charge in [0.1, 0.15) is 0 Å². The van der Waals surface area contributed by atoms with E-state index in [0.29, 0.717) is 0 Å². The summed E-state index contributed by atoms with van der Waals surface area (Å²) in [6, 6.07) is 11.7. The Kier molecular flexibility index (Phi) is 13.6. The number of hydrogen-bond donors (Lipinski definition) is 0. The minimum atomic E-state index is -1.17. The van der Waals surface area contributed by atoms with E-state index in [2.05, 4.69) is 70.7 Å². The molecule has 2 rings (SSSR count). The Morgan fingerprint density at radius 3 is 2.00 bits per heavy atom. The molecule has 0 bridgehead atoms. The molecule has 2 aromatic rings. The zero-order chi connectivity index (χ0) is 14.2. The summed E-state index contributed by atoms with van der Waals surface area (Å²) in [6.45, 7) is 13.9. The third-order valence-corrected chi connectivity index (χ3v) is 6.04. The molecule has 2 aromatic carbocycles. The first-order valence-corrected chi connectivity index (χ1v) is 10.6. The maximum Gasteiger partial charge on any atom is 4.00 e. The van der Waals surface area contributed by atoms with Crippen LogP contribution < -0.4 is 42.4 Å². The normalized spacial score (nSPS) is 9.83. The van der Waals surface area contributed by atoms with Gasteiger partial charge in [-0.25, -0.2) is 11.3 Å². The Morgan fingerprint density at radius 1 is 0.957 bits per heavy atom. The van der Waals surface area contributed by atoms with E-state index in [-0.39, 0.29) is 58.9 Å². The van der Waals surface area contributed by atoms with Crippen molar-refractivity contribution in [3.05, 3.63) is 58.1 Å². The van der Waals surface area contributed by atoms with Gasteiger partial charge in [-0.1, -0.05) is 42.9 Å². The summed E-state index contributed by atoms with van der Waals surface area (Å²) in [5, 5.41) is 1.57. The van der Waals surface area contributed by atoms with Crippen LogP contribution >= 0.6 is 0 Å². The summed E-state index contributed by atoms with van der Waals surface area (Å²) in [7, 11) is -1.17. The fourth-order valence-corrected chi connectivity index (χ4v) is 3.80. The van der Waals surface area contributed by atoms with Gasteiger partial charge in [-0.15, -0.1) is 0 Å². The smallest absolute Gasteiger partial charge is 1.00 e. The van der Waals surface area contributed by atoms with E-state index in [9.17, 15) is 0 Å². The van der Waals surface area contributed by atoms with Gasteiger partial charge in [0.15, 0.2) is 0 Å². The maximum absolute atomic E-state index is 2.42. The van der Waals surface area contributed by atoms with Crippen molar-refractivity contribution in [1.29, 1.82) is 0 Å². The predicted molar refractivity (Wildman–Crippen MR) is 88.5 cm³/mol. The molecule has 0 N–H and O–H groups in total. The standard InChI is InChI=1S/C18H25Si.3ClH.Ti/c1-13-9-14(2)15(3)17(10-13)11-16-7-8-18(12-16)19(4,5)6;;;;/h7-10,12H,11H2,1-6H3;3*1H;/q-1;;;;+4/p-3. The summed E-state index contributed by atoms with van der Waals surface area (Å²) >= 11 is 0. The fraction of sp³-hybridized carbons (Fsp3) is 0.389. The minimum absolute atomic E-state index is 0. The molecule has 0 unspecified atom stereocenters. The molecular weight excluding hydrogens is 399 g/mol. The molecule has 5 heteroatoms. The van der Waals surface area contributed by atoms with Gasteiger partial charge >= 0.3 is 21.7 Å². The van der Waals surface area contributed by atoms with Crippen molar-refractivity contribution in [2.45, 2.75) is 46.8 Å². The van der Waals surface area contributed by atoms with E-state index in [1.807, 2.05) is 0 Å². The first-order valence-electron chi connectivity index (χ1n) is 7.10. The molecule has 0 saturated carbocycles. The van der Waals surface area contributed by atoms with Crippen molar-refractivity contribution in [3.8, 4) is 0 Å². The van der Waals surface area contributed by atoms with Gasteiger partial charge in [-0.2, -0.15) is 17.7 Å². The molecule has 0 aliphatic rings. The van der Waals surface area contributed by atoms with Crippen LogP contribution in [0.5, 0.6) is 0 Å². The van der Waals surface area contributed by atoms with Crippen molar-refractivity contribution >= 4 is 13.3 Å². The Balaban J connectivity index is -0.000001000. The van der Waals surface area contributed by atoms with Gasteiger partial charge in [-0.05, 0) is 38.3 Å². The molecule has 126 valence electrons. The minimum Gasteiger partial charge on any atom is -1.00 e. The van der Waals surface area contributed by atoms with Gasteiger partial charge in [-0.3, -0.25) is 0 Å². The predicted octanol–water partition coefficient (Wildman–Crippen LogP) is -4.52. The third-order valence-electron chi connectivity index (χ3n) is 4.00. The van der Waals surface area contributed by atoms with Gasteiger partial charge in [0.25, 0.3) is 0 Å². The number of halogens is 3. The van der Waals surface area contributed by atoms with Gasteiger partial charge in [0.05, 0.1) is 0 Å². The van der Waals surface area contributed by atoms with Crippen LogP contribution in [0.15, 0.2) is 30.3 Å². The van der Waals surface area contributed by atoms with Crippen molar-refractivity contribution in [1.82, 2.24) is 0 Å². The van der Waals surface area contributed by atoms with Gasteiger partial charge in [0.2, 0.25) is 0 Å². The monoisotopic (exact) mass is 422 g/mol. The zero-order valence-electron chi connectivity index (χ0n) is 14.7. The Labute approximate surface area is 176 Å². The third kappa shape index (κ3) is 7.42. The summed E-state index contributed by atoms with van der Waals surface area (Å²) in [5.74, 6) is 0. The molecule has 0 heterocycles. The van der Waals surface area contributed by atoms with Crippen molar-refractivity contribution < 1.29 is 58.9 Å². The first kappa shape index (κ1) is 28.2. The molecule has 0 amide bonds. The van der Waals surface area contributed by atoms with Crippen LogP contribution in [0.25, 0.3) is 0 Å². The molecule has 0 aromatic heterocycles. The van der Waals surface area contributed by atoms with Gasteiger partial charge in [0, 0.05) is 8.07 Å². The van der Waals surface area contributed by atoms with Crippen LogP contribution in [-0.4, -0.2) is 8.07 Å². The van der Waals surface area contributed by atoms with E-state index in [4.69, 9.17) is 0 Å². The molecule has 0 aliphatic heterocycles. The topological polar surface area (TPSA) is 0 Å². The van der Waals surface area contributed by atoms with Crippen LogP contribution in [0.4, 0.5) is 0 Å². The molecule has 0 atom stereocenters. The molecular formula is C18H25Cl3SiTi. The average Bonchev–Trinajstić information content (AvgIpc) is 2.73. The van der Waals surface area contributed by atoms with Crippen LogP contribution in [0.3, 0.4) is 0 Å². The second-order valence-corrected chi connectivity index (χ2v) is 11.9. The number of hydrogen-bond acceptors (Lipinski definition) is 0. The Hall–Kier alpha value is 0.371.